The highest BCUT2D eigenvalue weighted by Crippen LogP contribution is 2.22. The third-order valence-electron chi connectivity index (χ3n) is 3.42. The van der Waals surface area contributed by atoms with E-state index in [1.807, 2.05) is 11.8 Å². The van der Waals surface area contributed by atoms with E-state index in [0.717, 1.165) is 13.0 Å². The third kappa shape index (κ3) is 3.20. The molecule has 3 unspecified atom stereocenters. The van der Waals surface area contributed by atoms with Crippen LogP contribution in [-0.2, 0) is 4.79 Å². The number of hydrogen-bond acceptors (Lipinski definition) is 2. The summed E-state index contributed by atoms with van der Waals surface area (Å²) in [6.45, 7) is 7.66. The summed E-state index contributed by atoms with van der Waals surface area (Å²) in [5.41, 5.74) is 5.55. The zero-order valence-electron chi connectivity index (χ0n) is 10.2. The van der Waals surface area contributed by atoms with Crippen LogP contribution in [0.4, 0.5) is 0 Å². The predicted octanol–water partition coefficient (Wildman–Crippen LogP) is 1.62. The maximum absolute atomic E-state index is 12.1. The Bertz CT molecular complexity index is 218. The normalized spacial score (nSPS) is 29.7. The Morgan fingerprint density at radius 3 is 2.73 bits per heavy atom. The van der Waals surface area contributed by atoms with Crippen LogP contribution >= 0.6 is 0 Å². The van der Waals surface area contributed by atoms with Crippen molar-refractivity contribution < 1.29 is 4.79 Å². The molecule has 1 fully saturated rings. The van der Waals surface area contributed by atoms with Gasteiger partial charge in [0.2, 0.25) is 5.91 Å². The number of nitrogens with zero attached hydrogens (tertiary/aromatic N) is 1. The number of carbonyl (C=O) groups is 1. The van der Waals surface area contributed by atoms with Crippen LogP contribution in [0.1, 0.15) is 40.0 Å². The van der Waals surface area contributed by atoms with Crippen molar-refractivity contribution >= 4 is 5.91 Å². The predicted molar refractivity (Wildman–Crippen MR) is 62.4 cm³/mol. The van der Waals surface area contributed by atoms with Crippen LogP contribution in [0.3, 0.4) is 0 Å². The van der Waals surface area contributed by atoms with Gasteiger partial charge in [0, 0.05) is 25.0 Å². The van der Waals surface area contributed by atoms with Crippen molar-refractivity contribution in [2.45, 2.75) is 46.1 Å². The molecular formula is C12H24N2O. The van der Waals surface area contributed by atoms with Crippen LogP contribution in [0.5, 0.6) is 0 Å². The summed E-state index contributed by atoms with van der Waals surface area (Å²) in [6, 6.07) is 0.386. The van der Waals surface area contributed by atoms with E-state index < -0.39 is 0 Å². The summed E-state index contributed by atoms with van der Waals surface area (Å²) >= 11 is 0. The zero-order valence-corrected chi connectivity index (χ0v) is 10.2. The Balaban J connectivity index is 2.67. The second-order valence-corrected chi connectivity index (χ2v) is 5.01. The van der Waals surface area contributed by atoms with Gasteiger partial charge in [-0.15, -0.1) is 0 Å². The van der Waals surface area contributed by atoms with Crippen LogP contribution in [-0.4, -0.2) is 29.9 Å². The van der Waals surface area contributed by atoms with E-state index in [1.165, 1.54) is 12.8 Å². The summed E-state index contributed by atoms with van der Waals surface area (Å²) in [7, 11) is 0. The second kappa shape index (κ2) is 5.50. The molecule has 0 bridgehead atoms. The molecule has 1 aliphatic heterocycles. The van der Waals surface area contributed by atoms with Gasteiger partial charge in [0.15, 0.2) is 0 Å². The van der Waals surface area contributed by atoms with Crippen LogP contribution in [0, 0.1) is 11.8 Å². The number of amides is 1. The van der Waals surface area contributed by atoms with Gasteiger partial charge >= 0.3 is 0 Å². The molecule has 2 N–H and O–H groups in total. The minimum Gasteiger partial charge on any atom is -0.339 e. The van der Waals surface area contributed by atoms with Gasteiger partial charge in [0.05, 0.1) is 0 Å². The molecule has 0 aromatic rings. The Kier molecular flexibility index (Phi) is 4.58. The summed E-state index contributed by atoms with van der Waals surface area (Å²) in [4.78, 5) is 14.1. The van der Waals surface area contributed by atoms with E-state index in [9.17, 15) is 4.79 Å². The van der Waals surface area contributed by atoms with Gasteiger partial charge in [-0.3, -0.25) is 4.79 Å². The van der Waals surface area contributed by atoms with Gasteiger partial charge in [-0.25, -0.2) is 0 Å². The monoisotopic (exact) mass is 212 g/mol. The maximum atomic E-state index is 12.1. The molecule has 1 heterocycles. The second-order valence-electron chi connectivity index (χ2n) is 5.01. The first kappa shape index (κ1) is 12.5. The fourth-order valence-corrected chi connectivity index (χ4v) is 2.22. The minimum absolute atomic E-state index is 0.0299. The quantitative estimate of drug-likeness (QED) is 0.756. The third-order valence-corrected chi connectivity index (χ3v) is 3.42. The molecule has 0 radical (unpaired) electrons. The lowest BCUT2D eigenvalue weighted by molar-refractivity contribution is -0.137. The molecule has 1 amide bonds. The number of carbonyl (C=O) groups excluding carboxylic acids is 1. The Morgan fingerprint density at radius 2 is 2.13 bits per heavy atom. The molecule has 88 valence electrons. The standard InChI is InChI=1S/C12H24N2O/c1-9-5-4-6-11(3)14(8-9)12(15)10(2)7-13/h9-11H,4-8,13H2,1-3H3. The Hall–Kier alpha value is -0.570. The molecule has 0 aromatic heterocycles. The molecule has 3 nitrogen and oxygen atoms in total. The lowest BCUT2D eigenvalue weighted by atomic mass is 10.1. The number of hydrogen-bond donors (Lipinski definition) is 1. The zero-order chi connectivity index (χ0) is 11.4. The van der Waals surface area contributed by atoms with Crippen molar-refractivity contribution in [1.82, 2.24) is 4.90 Å². The van der Waals surface area contributed by atoms with Gasteiger partial charge in [0.25, 0.3) is 0 Å². The first-order valence-electron chi connectivity index (χ1n) is 6.06. The summed E-state index contributed by atoms with van der Waals surface area (Å²) in [6.07, 6.45) is 3.61. The molecule has 0 aromatic carbocycles. The minimum atomic E-state index is -0.0299. The van der Waals surface area contributed by atoms with Crippen LogP contribution in [0.2, 0.25) is 0 Å². The molecule has 3 heteroatoms. The molecule has 1 saturated heterocycles. The van der Waals surface area contributed by atoms with Gasteiger partial charge in [-0.1, -0.05) is 20.3 Å². The van der Waals surface area contributed by atoms with Crippen molar-refractivity contribution in [1.29, 1.82) is 0 Å². The molecular weight excluding hydrogens is 188 g/mol. The van der Waals surface area contributed by atoms with Crippen LogP contribution in [0.25, 0.3) is 0 Å². The highest BCUT2D eigenvalue weighted by molar-refractivity contribution is 5.79. The maximum Gasteiger partial charge on any atom is 0.226 e. The first-order valence-corrected chi connectivity index (χ1v) is 6.06. The van der Waals surface area contributed by atoms with E-state index in [-0.39, 0.29) is 11.8 Å². The molecule has 3 atom stereocenters. The lowest BCUT2D eigenvalue weighted by Gasteiger charge is -2.30. The molecule has 0 spiro atoms. The van der Waals surface area contributed by atoms with Gasteiger partial charge in [-0.05, 0) is 25.7 Å². The molecule has 15 heavy (non-hydrogen) atoms. The molecule has 1 aliphatic rings. The largest absolute Gasteiger partial charge is 0.339 e. The average Bonchev–Trinajstić information content (AvgIpc) is 2.38. The van der Waals surface area contributed by atoms with Crippen LogP contribution in [0.15, 0.2) is 0 Å². The first-order chi connectivity index (χ1) is 7.06. The fraction of sp³-hybridized carbons (Fsp3) is 0.917. The van der Waals surface area contributed by atoms with E-state index >= 15 is 0 Å². The summed E-state index contributed by atoms with van der Waals surface area (Å²) in [5, 5.41) is 0. The van der Waals surface area contributed by atoms with E-state index in [4.69, 9.17) is 5.73 Å². The molecule has 1 rings (SSSR count). The molecule has 0 saturated carbocycles. The summed E-state index contributed by atoms with van der Waals surface area (Å²) < 4.78 is 0. The lowest BCUT2D eigenvalue weighted by Crippen LogP contribution is -2.44. The SMILES string of the molecule is CC1CCCC(C)N(C(=O)C(C)CN)C1. The number of rotatable bonds is 2. The summed E-state index contributed by atoms with van der Waals surface area (Å²) in [5.74, 6) is 0.834. The van der Waals surface area contributed by atoms with Gasteiger partial charge in [0.1, 0.15) is 0 Å². The topological polar surface area (TPSA) is 46.3 Å². The number of likely N-dealkylation sites (tertiary alicyclic amines) is 1. The van der Waals surface area contributed by atoms with E-state index in [0.29, 0.717) is 18.5 Å². The van der Waals surface area contributed by atoms with Crippen molar-refractivity contribution in [2.24, 2.45) is 17.6 Å². The fourth-order valence-electron chi connectivity index (χ4n) is 2.22. The Labute approximate surface area is 93.0 Å². The highest BCUT2D eigenvalue weighted by atomic mass is 16.2. The number of nitrogens with two attached hydrogens (primary N) is 1. The van der Waals surface area contributed by atoms with E-state index in [2.05, 4.69) is 13.8 Å². The van der Waals surface area contributed by atoms with E-state index in [1.54, 1.807) is 0 Å². The smallest absolute Gasteiger partial charge is 0.226 e. The van der Waals surface area contributed by atoms with Gasteiger partial charge in [-0.2, -0.15) is 0 Å². The van der Waals surface area contributed by atoms with Gasteiger partial charge < -0.3 is 10.6 Å². The van der Waals surface area contributed by atoms with Crippen molar-refractivity contribution in [3.8, 4) is 0 Å². The van der Waals surface area contributed by atoms with Crippen molar-refractivity contribution in [3.63, 3.8) is 0 Å². The highest BCUT2D eigenvalue weighted by Gasteiger charge is 2.27. The average molecular weight is 212 g/mol. The van der Waals surface area contributed by atoms with Crippen molar-refractivity contribution in [3.05, 3.63) is 0 Å². The van der Waals surface area contributed by atoms with Crippen LogP contribution < -0.4 is 5.73 Å². The molecule has 0 aliphatic carbocycles. The Morgan fingerprint density at radius 1 is 1.47 bits per heavy atom. The van der Waals surface area contributed by atoms with Crippen molar-refractivity contribution in [2.75, 3.05) is 13.1 Å².